The molecule has 2 heterocycles. The minimum atomic E-state index is -0.685. The topological polar surface area (TPSA) is 44.8 Å². The standard InChI is InChI=1S/C27H33F2N3O2/c1-6-31(4)24(18-8-7-9-18)25-26(34-5)17(3)22(23-16(2)12-13-32(23)25)27(33)30-15-19-10-11-20(28)14-21(19)29/h10-11,14,16H,3,6-9,12-13,15H2,1-2,4-5H3,(H,30,33). The van der Waals surface area contributed by atoms with Crippen LogP contribution in [0.1, 0.15) is 45.1 Å². The number of hydrogen-bond donors (Lipinski definition) is 1. The van der Waals surface area contributed by atoms with Gasteiger partial charge in [-0.05, 0) is 50.2 Å². The van der Waals surface area contributed by atoms with Crippen molar-refractivity contribution in [3.05, 3.63) is 81.5 Å². The summed E-state index contributed by atoms with van der Waals surface area (Å²) in [5.41, 5.74) is 5.74. The molecule has 4 rings (SSSR count). The van der Waals surface area contributed by atoms with Crippen molar-refractivity contribution >= 4 is 5.91 Å². The van der Waals surface area contributed by atoms with Crippen LogP contribution in [0.15, 0.2) is 64.3 Å². The van der Waals surface area contributed by atoms with Crippen LogP contribution in [0, 0.1) is 17.6 Å². The summed E-state index contributed by atoms with van der Waals surface area (Å²) >= 11 is 0. The molecule has 2 fully saturated rings. The lowest BCUT2D eigenvalue weighted by Crippen LogP contribution is -2.37. The Labute approximate surface area is 200 Å². The number of halogens is 2. The zero-order valence-corrected chi connectivity index (χ0v) is 20.4. The van der Waals surface area contributed by atoms with E-state index in [0.717, 1.165) is 49.8 Å². The summed E-state index contributed by atoms with van der Waals surface area (Å²) in [7, 11) is 3.70. The lowest BCUT2D eigenvalue weighted by Gasteiger charge is -2.40. The molecule has 2 aliphatic heterocycles. The molecule has 1 saturated carbocycles. The van der Waals surface area contributed by atoms with Crippen molar-refractivity contribution in [1.29, 1.82) is 0 Å². The number of ether oxygens (including phenoxy) is 1. The van der Waals surface area contributed by atoms with Crippen LogP contribution in [0.4, 0.5) is 8.78 Å². The van der Waals surface area contributed by atoms with E-state index in [0.29, 0.717) is 16.9 Å². The minimum absolute atomic E-state index is 0.0455. The predicted octanol–water partition coefficient (Wildman–Crippen LogP) is 4.99. The van der Waals surface area contributed by atoms with Gasteiger partial charge in [-0.2, -0.15) is 0 Å². The maximum atomic E-state index is 14.1. The predicted molar refractivity (Wildman–Crippen MR) is 128 cm³/mol. The molecule has 1 aliphatic carbocycles. The molecular weight excluding hydrogens is 436 g/mol. The summed E-state index contributed by atoms with van der Waals surface area (Å²) in [5.74, 6) is -0.906. The quantitative estimate of drug-likeness (QED) is 0.611. The third-order valence-electron chi connectivity index (χ3n) is 7.12. The first-order chi connectivity index (χ1) is 16.3. The third-order valence-corrected chi connectivity index (χ3v) is 7.12. The number of carbonyl (C=O) groups excluding carboxylic acids is 1. The molecule has 1 aromatic rings. The highest BCUT2D eigenvalue weighted by Gasteiger charge is 2.42. The third kappa shape index (κ3) is 4.12. The number of methoxy groups -OCH3 is 1. The number of nitrogens with one attached hydrogen (secondary N) is 1. The first-order valence-corrected chi connectivity index (χ1v) is 11.9. The maximum absolute atomic E-state index is 14.1. The number of amides is 1. The van der Waals surface area contributed by atoms with E-state index in [9.17, 15) is 13.6 Å². The van der Waals surface area contributed by atoms with Crippen molar-refractivity contribution in [1.82, 2.24) is 15.1 Å². The van der Waals surface area contributed by atoms with Crippen LogP contribution < -0.4 is 5.32 Å². The van der Waals surface area contributed by atoms with Gasteiger partial charge in [-0.1, -0.05) is 19.6 Å². The SMILES string of the molecule is C=C1C(OC)=C(C(=C2CCC2)N(C)CC)N2CCC(C)C2=C1C(=O)NCc1ccc(F)cc1F. The fourth-order valence-corrected chi connectivity index (χ4v) is 5.00. The van der Waals surface area contributed by atoms with Crippen LogP contribution in [-0.2, 0) is 16.1 Å². The van der Waals surface area contributed by atoms with Gasteiger partial charge in [0.2, 0.25) is 0 Å². The molecule has 1 atom stereocenters. The smallest absolute Gasteiger partial charge is 0.254 e. The Morgan fingerprint density at radius 1 is 1.32 bits per heavy atom. The molecule has 1 aromatic carbocycles. The van der Waals surface area contributed by atoms with Gasteiger partial charge in [0.05, 0.1) is 18.4 Å². The molecule has 182 valence electrons. The van der Waals surface area contributed by atoms with E-state index in [1.165, 1.54) is 29.8 Å². The van der Waals surface area contributed by atoms with Gasteiger partial charge >= 0.3 is 0 Å². The van der Waals surface area contributed by atoms with Crippen molar-refractivity contribution < 1.29 is 18.3 Å². The van der Waals surface area contributed by atoms with Gasteiger partial charge in [0.1, 0.15) is 17.3 Å². The molecule has 3 aliphatic rings. The largest absolute Gasteiger partial charge is 0.494 e. The molecule has 1 unspecified atom stereocenters. The zero-order valence-electron chi connectivity index (χ0n) is 20.4. The van der Waals surface area contributed by atoms with Crippen LogP contribution in [-0.4, -0.2) is 43.0 Å². The second-order valence-corrected chi connectivity index (χ2v) is 9.20. The number of carbonyl (C=O) groups is 1. The highest BCUT2D eigenvalue weighted by atomic mass is 19.1. The Kier molecular flexibility index (Phi) is 6.82. The van der Waals surface area contributed by atoms with Crippen LogP contribution in [0.3, 0.4) is 0 Å². The van der Waals surface area contributed by atoms with Crippen molar-refractivity contribution in [2.75, 3.05) is 27.2 Å². The number of likely N-dealkylation sites (N-methyl/N-ethyl adjacent to an activating group) is 1. The molecule has 1 amide bonds. The summed E-state index contributed by atoms with van der Waals surface area (Å²) in [6, 6.07) is 3.35. The van der Waals surface area contributed by atoms with Crippen molar-refractivity contribution in [3.8, 4) is 0 Å². The second kappa shape index (κ2) is 9.65. The average Bonchev–Trinajstić information content (AvgIpc) is 3.15. The summed E-state index contributed by atoms with van der Waals surface area (Å²) in [6.07, 6.45) is 4.21. The summed E-state index contributed by atoms with van der Waals surface area (Å²) < 4.78 is 33.3. The summed E-state index contributed by atoms with van der Waals surface area (Å²) in [5, 5.41) is 2.81. The molecule has 34 heavy (non-hydrogen) atoms. The minimum Gasteiger partial charge on any atom is -0.494 e. The number of allylic oxidation sites excluding steroid dienone is 3. The monoisotopic (exact) mass is 469 g/mol. The average molecular weight is 470 g/mol. The molecular formula is C27H33F2N3O2. The Hall–Kier alpha value is -3.09. The molecule has 0 aromatic heterocycles. The second-order valence-electron chi connectivity index (χ2n) is 9.20. The number of hydrogen-bond acceptors (Lipinski definition) is 4. The Morgan fingerprint density at radius 2 is 2.06 bits per heavy atom. The maximum Gasteiger partial charge on any atom is 0.254 e. The van der Waals surface area contributed by atoms with Gasteiger partial charge in [0.25, 0.3) is 5.91 Å². The number of fused-ring (bicyclic) bond motifs is 1. The van der Waals surface area contributed by atoms with Crippen LogP contribution in [0.2, 0.25) is 0 Å². The highest BCUT2D eigenvalue weighted by Crippen LogP contribution is 2.47. The Balaban J connectivity index is 1.72. The molecule has 1 N–H and O–H groups in total. The van der Waals surface area contributed by atoms with E-state index in [-0.39, 0.29) is 23.9 Å². The van der Waals surface area contributed by atoms with E-state index in [4.69, 9.17) is 4.74 Å². The van der Waals surface area contributed by atoms with E-state index in [1.54, 1.807) is 7.11 Å². The summed E-state index contributed by atoms with van der Waals surface area (Å²) in [6.45, 7) is 10.1. The number of nitrogens with zero attached hydrogens (tertiary/aromatic N) is 2. The first kappa shape index (κ1) is 24.0. The van der Waals surface area contributed by atoms with Crippen LogP contribution in [0.25, 0.3) is 0 Å². The molecule has 5 nitrogen and oxygen atoms in total. The Bertz CT molecular complexity index is 1110. The lowest BCUT2D eigenvalue weighted by molar-refractivity contribution is -0.117. The van der Waals surface area contributed by atoms with Crippen LogP contribution in [0.5, 0.6) is 0 Å². The van der Waals surface area contributed by atoms with E-state index in [2.05, 4.69) is 42.6 Å². The number of benzene rings is 1. The van der Waals surface area contributed by atoms with Gasteiger partial charge in [0.15, 0.2) is 5.76 Å². The molecule has 1 saturated heterocycles. The van der Waals surface area contributed by atoms with Crippen molar-refractivity contribution in [2.45, 2.75) is 46.1 Å². The van der Waals surface area contributed by atoms with Gasteiger partial charge in [-0.15, -0.1) is 0 Å². The zero-order chi connectivity index (χ0) is 24.6. The van der Waals surface area contributed by atoms with Gasteiger partial charge < -0.3 is 19.9 Å². The molecule has 0 radical (unpaired) electrons. The van der Waals surface area contributed by atoms with Crippen molar-refractivity contribution in [3.63, 3.8) is 0 Å². The van der Waals surface area contributed by atoms with Crippen molar-refractivity contribution in [2.24, 2.45) is 5.92 Å². The van der Waals surface area contributed by atoms with E-state index >= 15 is 0 Å². The fourth-order valence-electron chi connectivity index (χ4n) is 5.00. The number of rotatable bonds is 7. The molecule has 7 heteroatoms. The first-order valence-electron chi connectivity index (χ1n) is 11.9. The summed E-state index contributed by atoms with van der Waals surface area (Å²) in [4.78, 5) is 17.9. The van der Waals surface area contributed by atoms with Gasteiger partial charge in [0, 0.05) is 49.6 Å². The Morgan fingerprint density at radius 3 is 2.65 bits per heavy atom. The molecule has 0 bridgehead atoms. The molecule has 0 spiro atoms. The highest BCUT2D eigenvalue weighted by molar-refractivity contribution is 6.00. The van der Waals surface area contributed by atoms with Gasteiger partial charge in [-0.3, -0.25) is 4.79 Å². The van der Waals surface area contributed by atoms with E-state index in [1.807, 2.05) is 0 Å². The normalized spacial score (nSPS) is 19.8. The van der Waals surface area contributed by atoms with E-state index < -0.39 is 11.6 Å². The fraction of sp³-hybridized carbons (Fsp3) is 0.444. The van der Waals surface area contributed by atoms with Gasteiger partial charge in [-0.25, -0.2) is 8.78 Å². The lowest BCUT2D eigenvalue weighted by atomic mass is 9.86. The van der Waals surface area contributed by atoms with Crippen LogP contribution >= 0.6 is 0 Å².